The fourth-order valence-corrected chi connectivity index (χ4v) is 5.32. The molecule has 0 aliphatic carbocycles. The van der Waals surface area contributed by atoms with Gasteiger partial charge in [0.25, 0.3) is 0 Å². The minimum Gasteiger partial charge on any atom is -0.367 e. The highest BCUT2D eigenvalue weighted by Gasteiger charge is 2.43. The number of nitrogens with zero attached hydrogens (tertiary/aromatic N) is 3. The molecule has 0 aromatic heterocycles. The van der Waals surface area contributed by atoms with Crippen molar-refractivity contribution in [3.63, 3.8) is 0 Å². The van der Waals surface area contributed by atoms with Crippen molar-refractivity contribution in [2.24, 2.45) is 5.92 Å². The minimum absolute atomic E-state index is 0.0227. The number of nitrogens with one attached hydrogen (secondary N) is 1. The summed E-state index contributed by atoms with van der Waals surface area (Å²) < 4.78 is 54.4. The molecule has 0 unspecified atom stereocenters. The standard InChI is InChI=1S/C28H24F4N4O/c29-23-7-3-1-6-19(23)16-34-27(37)22-14-20-13-21(28(30,31)32)9-10-25(20)36-12-11-35(17-26(22)36)24-8-4-2-5-18(24)15-33/h1-10,13,22,26H,11-12,14,16-17H2,(H,34,37)/t22-,26-/m1/s1. The van der Waals surface area contributed by atoms with Crippen molar-refractivity contribution in [2.45, 2.75) is 25.2 Å². The van der Waals surface area contributed by atoms with Crippen LogP contribution in [0.1, 0.15) is 22.3 Å². The summed E-state index contributed by atoms with van der Waals surface area (Å²) in [6, 6.07) is 18.9. The Morgan fingerprint density at radius 2 is 1.78 bits per heavy atom. The zero-order chi connectivity index (χ0) is 26.2. The van der Waals surface area contributed by atoms with Crippen LogP contribution in [0.25, 0.3) is 0 Å². The van der Waals surface area contributed by atoms with Gasteiger partial charge in [-0.05, 0) is 48.4 Å². The molecule has 5 rings (SSSR count). The minimum atomic E-state index is -4.49. The second-order valence-corrected chi connectivity index (χ2v) is 9.30. The van der Waals surface area contributed by atoms with E-state index in [0.717, 1.165) is 17.8 Å². The number of fused-ring (bicyclic) bond motifs is 3. The summed E-state index contributed by atoms with van der Waals surface area (Å²) in [4.78, 5) is 17.5. The number of benzene rings is 3. The fourth-order valence-electron chi connectivity index (χ4n) is 5.32. The highest BCUT2D eigenvalue weighted by Crippen LogP contribution is 2.40. The van der Waals surface area contributed by atoms with Gasteiger partial charge < -0.3 is 15.1 Å². The van der Waals surface area contributed by atoms with Gasteiger partial charge in [0, 0.05) is 37.4 Å². The zero-order valence-corrected chi connectivity index (χ0v) is 19.8. The molecule has 2 heterocycles. The first-order chi connectivity index (χ1) is 17.8. The van der Waals surface area contributed by atoms with Crippen LogP contribution < -0.4 is 15.1 Å². The second-order valence-electron chi connectivity index (χ2n) is 9.30. The number of hydrogen-bond donors (Lipinski definition) is 1. The summed E-state index contributed by atoms with van der Waals surface area (Å²) >= 11 is 0. The van der Waals surface area contributed by atoms with Crippen LogP contribution in [-0.4, -0.2) is 31.6 Å². The number of piperazine rings is 1. The average molecular weight is 509 g/mol. The van der Waals surface area contributed by atoms with Gasteiger partial charge in [0.2, 0.25) is 5.91 Å². The van der Waals surface area contributed by atoms with Crippen LogP contribution in [-0.2, 0) is 23.9 Å². The Morgan fingerprint density at radius 3 is 2.54 bits per heavy atom. The van der Waals surface area contributed by atoms with Gasteiger partial charge in [-0.3, -0.25) is 4.79 Å². The van der Waals surface area contributed by atoms with Crippen LogP contribution >= 0.6 is 0 Å². The number of carbonyl (C=O) groups excluding carboxylic acids is 1. The van der Waals surface area contributed by atoms with Crippen molar-refractivity contribution >= 4 is 17.3 Å². The first kappa shape index (κ1) is 24.6. The summed E-state index contributed by atoms with van der Waals surface area (Å²) in [6.45, 7) is 1.40. The number of hydrogen-bond acceptors (Lipinski definition) is 4. The molecule has 2 aliphatic rings. The Hall–Kier alpha value is -4.06. The normalized spacial score (nSPS) is 19.0. The molecule has 0 spiro atoms. The highest BCUT2D eigenvalue weighted by molar-refractivity contribution is 5.82. The first-order valence-electron chi connectivity index (χ1n) is 12.0. The monoisotopic (exact) mass is 508 g/mol. The van der Waals surface area contributed by atoms with E-state index in [-0.39, 0.29) is 24.9 Å². The Labute approximate surface area is 211 Å². The fraction of sp³-hybridized carbons (Fsp3) is 0.286. The van der Waals surface area contributed by atoms with Crippen molar-refractivity contribution in [3.05, 3.63) is 94.8 Å². The van der Waals surface area contributed by atoms with Crippen LogP contribution in [0.15, 0.2) is 66.7 Å². The van der Waals surface area contributed by atoms with E-state index >= 15 is 0 Å². The molecule has 0 radical (unpaired) electrons. The Morgan fingerprint density at radius 1 is 1.03 bits per heavy atom. The summed E-state index contributed by atoms with van der Waals surface area (Å²) in [5, 5.41) is 12.4. The number of anilines is 2. The van der Waals surface area contributed by atoms with E-state index < -0.39 is 23.5 Å². The Kier molecular flexibility index (Phi) is 6.50. The van der Waals surface area contributed by atoms with Crippen molar-refractivity contribution in [2.75, 3.05) is 29.4 Å². The highest BCUT2D eigenvalue weighted by atomic mass is 19.4. The third kappa shape index (κ3) is 4.84. The molecular weight excluding hydrogens is 484 g/mol. The summed E-state index contributed by atoms with van der Waals surface area (Å²) in [7, 11) is 0. The summed E-state index contributed by atoms with van der Waals surface area (Å²) in [5.41, 5.74) is 2.00. The molecule has 1 amide bonds. The lowest BCUT2D eigenvalue weighted by Crippen LogP contribution is -2.61. The Bertz CT molecular complexity index is 1370. The average Bonchev–Trinajstić information content (AvgIpc) is 2.90. The van der Waals surface area contributed by atoms with Crippen LogP contribution in [0.2, 0.25) is 0 Å². The number of amides is 1. The van der Waals surface area contributed by atoms with E-state index in [1.807, 2.05) is 21.9 Å². The summed E-state index contributed by atoms with van der Waals surface area (Å²) in [5.74, 6) is -1.46. The number of rotatable bonds is 4. The van der Waals surface area contributed by atoms with Crippen LogP contribution in [0.5, 0.6) is 0 Å². The predicted octanol–water partition coefficient (Wildman–Crippen LogP) is 4.90. The number of alkyl halides is 3. The smallest absolute Gasteiger partial charge is 0.367 e. The van der Waals surface area contributed by atoms with Crippen LogP contribution in [0, 0.1) is 23.1 Å². The predicted molar refractivity (Wildman–Crippen MR) is 131 cm³/mol. The van der Waals surface area contributed by atoms with Crippen molar-refractivity contribution in [3.8, 4) is 6.07 Å². The van der Waals surface area contributed by atoms with Gasteiger partial charge in [-0.15, -0.1) is 0 Å². The molecule has 2 aliphatic heterocycles. The van der Waals surface area contributed by atoms with Gasteiger partial charge in [0.15, 0.2) is 0 Å². The summed E-state index contributed by atoms with van der Waals surface area (Å²) in [6.07, 6.45) is -4.37. The maximum atomic E-state index is 14.1. The van der Waals surface area contributed by atoms with Crippen LogP contribution in [0.3, 0.4) is 0 Å². The lowest BCUT2D eigenvalue weighted by molar-refractivity contribution is -0.137. The van der Waals surface area contributed by atoms with Gasteiger partial charge in [-0.2, -0.15) is 18.4 Å². The molecule has 1 fully saturated rings. The molecule has 1 N–H and O–H groups in total. The van der Waals surface area contributed by atoms with Crippen molar-refractivity contribution in [1.29, 1.82) is 5.26 Å². The van der Waals surface area contributed by atoms with Gasteiger partial charge in [-0.25, -0.2) is 4.39 Å². The molecule has 9 heteroatoms. The van der Waals surface area contributed by atoms with E-state index in [9.17, 15) is 27.6 Å². The van der Waals surface area contributed by atoms with Crippen LogP contribution in [0.4, 0.5) is 28.9 Å². The van der Waals surface area contributed by atoms with E-state index in [4.69, 9.17) is 0 Å². The van der Waals surface area contributed by atoms with E-state index in [2.05, 4.69) is 11.4 Å². The quantitative estimate of drug-likeness (QED) is 0.510. The van der Waals surface area contributed by atoms with Gasteiger partial charge >= 0.3 is 6.18 Å². The Balaban J connectivity index is 1.47. The molecule has 0 saturated carbocycles. The molecule has 190 valence electrons. The van der Waals surface area contributed by atoms with Gasteiger partial charge in [0.1, 0.15) is 11.9 Å². The van der Waals surface area contributed by atoms with Gasteiger partial charge in [-0.1, -0.05) is 30.3 Å². The van der Waals surface area contributed by atoms with Gasteiger partial charge in [0.05, 0.1) is 28.8 Å². The zero-order valence-electron chi connectivity index (χ0n) is 19.8. The van der Waals surface area contributed by atoms with E-state index in [1.54, 1.807) is 30.3 Å². The van der Waals surface area contributed by atoms with E-state index in [1.165, 1.54) is 12.1 Å². The third-order valence-corrected chi connectivity index (χ3v) is 7.15. The van der Waals surface area contributed by atoms with Crippen molar-refractivity contribution < 1.29 is 22.4 Å². The number of halogens is 4. The first-order valence-corrected chi connectivity index (χ1v) is 12.0. The number of carbonyl (C=O) groups is 1. The molecule has 3 aromatic rings. The molecule has 2 atom stereocenters. The molecular formula is C28H24F4N4O. The lowest BCUT2D eigenvalue weighted by Gasteiger charge is -2.49. The molecule has 1 saturated heterocycles. The van der Waals surface area contributed by atoms with Crippen molar-refractivity contribution in [1.82, 2.24) is 5.32 Å². The topological polar surface area (TPSA) is 59.4 Å². The SMILES string of the molecule is N#Cc1ccccc1N1CCN2c3ccc(C(F)(F)F)cc3C[C@@H](C(=O)NCc3ccccc3F)[C@H]2C1. The molecule has 0 bridgehead atoms. The molecule has 5 nitrogen and oxygen atoms in total. The number of para-hydroxylation sites is 1. The number of nitriles is 1. The maximum Gasteiger partial charge on any atom is 0.416 e. The molecule has 37 heavy (non-hydrogen) atoms. The lowest BCUT2D eigenvalue weighted by atomic mass is 9.82. The molecule has 3 aromatic carbocycles. The maximum absolute atomic E-state index is 14.1. The van der Waals surface area contributed by atoms with E-state index in [0.29, 0.717) is 42.0 Å². The third-order valence-electron chi connectivity index (χ3n) is 7.15. The largest absolute Gasteiger partial charge is 0.416 e. The second kappa shape index (κ2) is 9.77.